The number of carbonyl (C=O) groups is 1. The van der Waals surface area contributed by atoms with E-state index in [2.05, 4.69) is 20.8 Å². The lowest BCUT2D eigenvalue weighted by Crippen LogP contribution is -2.36. The third-order valence-electron chi connectivity index (χ3n) is 27.7. The van der Waals surface area contributed by atoms with Crippen molar-refractivity contribution in [3.05, 3.63) is 22.3 Å². The maximum Gasteiger partial charge on any atom is 0.311 e. The van der Waals surface area contributed by atoms with Gasteiger partial charge in [0.2, 0.25) is 0 Å². The molecule has 0 bridgehead atoms. The molecule has 2 heteroatoms. The van der Waals surface area contributed by atoms with Crippen LogP contribution in [0.3, 0.4) is 0 Å². The molecule has 0 N–H and O–H groups in total. The molecule has 0 radical (unpaired) electrons. The van der Waals surface area contributed by atoms with Gasteiger partial charge in [-0.15, -0.1) is 0 Å². The largest absolute Gasteiger partial charge is 0.462 e. The van der Waals surface area contributed by atoms with Gasteiger partial charge in [-0.3, -0.25) is 4.79 Å². The summed E-state index contributed by atoms with van der Waals surface area (Å²) in [5.41, 5.74) is 5.34. The fraction of sp³-hybridized carbons (Fsp3) is 0.181. The minimum atomic E-state index is -0.511. The Bertz CT molecular complexity index is 6790. The summed E-state index contributed by atoms with van der Waals surface area (Å²) < 4.78 is 7.56. The van der Waals surface area contributed by atoms with Crippen molar-refractivity contribution in [3.63, 3.8) is 0 Å². The average Bonchev–Trinajstić information content (AvgIpc) is 3.39. The molecule has 6 aliphatic carbocycles. The molecular weight excluding hydrogens is 897 g/mol. The summed E-state index contributed by atoms with van der Waals surface area (Å²) >= 11 is 0. The van der Waals surface area contributed by atoms with Gasteiger partial charge in [0.05, 0.1) is 16.7 Å². The van der Waals surface area contributed by atoms with E-state index >= 15 is 4.79 Å². The first-order chi connectivity index (χ1) is 36.6. The summed E-state index contributed by atoms with van der Waals surface area (Å²) in [4.78, 5) is 17.0. The molecule has 3 atom stereocenters. The number of benzene rings is 18. The summed E-state index contributed by atoms with van der Waals surface area (Å²) in [6.07, 6.45) is 3.33. The minimum absolute atomic E-state index is 0.0406. The van der Waals surface area contributed by atoms with Crippen molar-refractivity contribution in [1.82, 2.24) is 0 Å². The van der Waals surface area contributed by atoms with Crippen molar-refractivity contribution < 1.29 is 9.53 Å². The highest BCUT2D eigenvalue weighted by Gasteiger charge is 2.89. The van der Waals surface area contributed by atoms with Crippen LogP contribution < -0.4 is 0 Å². The summed E-state index contributed by atoms with van der Waals surface area (Å²) in [6.45, 7) is 7.20. The average molecular weight is 917 g/mol. The van der Waals surface area contributed by atoms with E-state index in [-0.39, 0.29) is 18.0 Å². The van der Waals surface area contributed by atoms with Crippen molar-refractivity contribution in [1.29, 1.82) is 0 Å². The molecule has 0 saturated heterocycles. The van der Waals surface area contributed by atoms with Gasteiger partial charge in [0.25, 0.3) is 0 Å². The van der Waals surface area contributed by atoms with Gasteiger partial charge in [0.1, 0.15) is 6.10 Å². The van der Waals surface area contributed by atoms with E-state index in [0.29, 0.717) is 17.8 Å². The Labute approximate surface area is 407 Å². The molecule has 0 amide bonds. The Morgan fingerprint density at radius 3 is 0.703 bits per heavy atom. The molecule has 34 rings (SSSR count). The second-order valence-corrected chi connectivity index (χ2v) is 28.6. The number of rotatable bonds is 3. The molecule has 0 unspecified atom stereocenters. The topological polar surface area (TPSA) is 26.3 Å². The van der Waals surface area contributed by atoms with E-state index in [1.165, 1.54) is 6.42 Å². The van der Waals surface area contributed by atoms with Crippen molar-refractivity contribution in [2.24, 2.45) is 23.7 Å². The first kappa shape index (κ1) is 29.0. The molecular formula is C72H20O2. The Morgan fingerprint density at radius 2 is 0.514 bits per heavy atom. The SMILES string of the molecule is CC(C)[C@@H]1CC[C@@H](C)C[C@H]1OC(=O)C1C23c4c5c6c7c8c9c(c%10c%11c2c2c4c4c%12c5c5c6c6c8c8c%13c9c9c%10c%10c%11c%11c2c2c4c4c%12c%12c5c5c6c8c6c8c%13c9c9c%10c%10c%11c2c2c4c4c%12c5c6c5c8c9c%10c2c45)C713. The summed E-state index contributed by atoms with van der Waals surface area (Å²) in [6, 6.07) is 0. The van der Waals surface area contributed by atoms with E-state index < -0.39 is 10.8 Å². The monoisotopic (exact) mass is 916 g/mol. The molecule has 0 aliphatic heterocycles. The third-order valence-corrected chi connectivity index (χ3v) is 27.7. The molecule has 0 heterocycles. The van der Waals surface area contributed by atoms with Gasteiger partial charge in [-0.05, 0) is 344 Å². The van der Waals surface area contributed by atoms with Crippen LogP contribution in [0.15, 0.2) is 0 Å². The fourth-order valence-electron chi connectivity index (χ4n) is 27.2. The summed E-state index contributed by atoms with van der Waals surface area (Å²) in [7, 11) is 0. The second kappa shape index (κ2) is 6.64. The number of ether oxygens (including phenoxy) is 1. The van der Waals surface area contributed by atoms with Gasteiger partial charge >= 0.3 is 5.97 Å². The smallest absolute Gasteiger partial charge is 0.311 e. The summed E-state index contributed by atoms with van der Waals surface area (Å²) in [5.74, 6) is 1.27. The van der Waals surface area contributed by atoms with E-state index in [1.807, 2.05) is 0 Å². The van der Waals surface area contributed by atoms with Crippen LogP contribution in [0.25, 0.3) is 291 Å². The van der Waals surface area contributed by atoms with Crippen LogP contribution in [0.1, 0.15) is 62.3 Å². The van der Waals surface area contributed by atoms with Crippen LogP contribution in [0, 0.1) is 23.7 Å². The van der Waals surface area contributed by atoms with Crippen LogP contribution in [0.2, 0.25) is 0 Å². The quantitative estimate of drug-likeness (QED) is 0.130. The second-order valence-electron chi connectivity index (χ2n) is 28.6. The molecule has 320 valence electrons. The molecule has 2 spiro atoms. The predicted molar refractivity (Wildman–Crippen MR) is 309 cm³/mol. The number of carbonyl (C=O) groups excluding carboxylic acids is 1. The van der Waals surface area contributed by atoms with E-state index in [0.717, 1.165) is 12.8 Å². The van der Waals surface area contributed by atoms with Gasteiger partial charge in [-0.25, -0.2) is 0 Å². The Kier molecular flexibility index (Phi) is 2.60. The first-order valence-electron chi connectivity index (χ1n) is 28.5. The number of esters is 1. The van der Waals surface area contributed by atoms with Gasteiger partial charge in [-0.1, -0.05) is 27.2 Å². The number of hydrogen-bond donors (Lipinski definition) is 0. The zero-order chi connectivity index (χ0) is 44.8. The maximum absolute atomic E-state index is 17.0. The van der Waals surface area contributed by atoms with Crippen molar-refractivity contribution in [2.45, 2.75) is 57.0 Å². The lowest BCUT2D eigenvalue weighted by molar-refractivity contribution is -0.158. The van der Waals surface area contributed by atoms with Gasteiger partial charge in [0.15, 0.2) is 0 Å². The fourth-order valence-corrected chi connectivity index (χ4v) is 27.2. The Hall–Kier alpha value is -8.07. The molecule has 28 aromatic carbocycles. The van der Waals surface area contributed by atoms with E-state index in [1.54, 1.807) is 313 Å². The van der Waals surface area contributed by atoms with Gasteiger partial charge < -0.3 is 4.74 Å². The highest BCUT2D eigenvalue weighted by atomic mass is 16.5. The molecule has 2 saturated carbocycles. The standard InChI is InChI=1S/C72H20O2/c1-7(2)9-5-4-8(3)6-10(9)74-70(73)69-71-65-57-49-39-29-21-13-11-12-15-19-17(13)25-33-27(19)37-31-23(15)24-16(12)20-18-14(11)22(21)30-36-26(18)34-28(20)38-32(24)42-41(31)51-45(37)55-47(33)53(43(49)35(25)29)61(65)63(55)67-59(51)60-52(42)46(38)56-48(34)54-44(36)50(40(30)39)58(57)66(71)62(54)64(56)68(60)72(67,69)71/h7-10,69H,4-6H2,1-3H3/t8-,9+,10-,69?,71?,72?/m1/s1. The van der Waals surface area contributed by atoms with E-state index in [4.69, 9.17) is 4.74 Å². The zero-order valence-corrected chi connectivity index (χ0v) is 39.3. The van der Waals surface area contributed by atoms with Crippen LogP contribution in [0.4, 0.5) is 0 Å². The molecule has 0 aromatic heterocycles. The lowest BCUT2D eigenvalue weighted by Gasteiger charge is -2.36. The van der Waals surface area contributed by atoms with Crippen molar-refractivity contribution in [2.75, 3.05) is 0 Å². The van der Waals surface area contributed by atoms with Crippen LogP contribution in [-0.2, 0) is 20.4 Å². The van der Waals surface area contributed by atoms with Crippen LogP contribution in [-0.4, -0.2) is 12.1 Å². The zero-order valence-electron chi connectivity index (χ0n) is 39.3. The Morgan fingerprint density at radius 1 is 0.324 bits per heavy atom. The number of hydrogen-bond acceptors (Lipinski definition) is 2. The van der Waals surface area contributed by atoms with Crippen LogP contribution >= 0.6 is 0 Å². The molecule has 74 heavy (non-hydrogen) atoms. The van der Waals surface area contributed by atoms with Crippen molar-refractivity contribution in [3.8, 4) is 0 Å². The van der Waals surface area contributed by atoms with Crippen molar-refractivity contribution >= 4 is 297 Å². The predicted octanol–water partition coefficient (Wildman–Crippen LogP) is 18.9. The molecule has 2 fully saturated rings. The highest BCUT2D eigenvalue weighted by Crippen LogP contribution is 2.92. The van der Waals surface area contributed by atoms with Gasteiger partial charge in [0, 0.05) is 0 Å². The normalized spacial score (nSPS) is 27.0. The molecule has 28 aromatic rings. The van der Waals surface area contributed by atoms with Gasteiger partial charge in [-0.2, -0.15) is 0 Å². The molecule has 6 aliphatic rings. The minimum Gasteiger partial charge on any atom is -0.462 e. The Balaban J connectivity index is 1.04. The third kappa shape index (κ3) is 1.58. The molecule has 2 nitrogen and oxygen atoms in total. The maximum atomic E-state index is 17.0. The first-order valence-corrected chi connectivity index (χ1v) is 28.5. The lowest BCUT2D eigenvalue weighted by atomic mass is 9.68. The van der Waals surface area contributed by atoms with Crippen LogP contribution in [0.5, 0.6) is 0 Å². The summed E-state index contributed by atoms with van der Waals surface area (Å²) in [5, 5.41) is 86.8. The van der Waals surface area contributed by atoms with E-state index in [9.17, 15) is 0 Å². The highest BCUT2D eigenvalue weighted by molar-refractivity contribution is 6.82.